The van der Waals surface area contributed by atoms with Gasteiger partial charge in [0.1, 0.15) is 23.4 Å². The molecule has 0 bridgehead atoms. The second-order valence-electron chi connectivity index (χ2n) is 21.5. The number of allylic oxidation sites excluding steroid dienone is 8. The van der Waals surface area contributed by atoms with E-state index < -0.39 is 16.9 Å². The van der Waals surface area contributed by atoms with Gasteiger partial charge >= 0.3 is 0 Å². The molecule has 14 heteroatoms. The summed E-state index contributed by atoms with van der Waals surface area (Å²) in [5, 5.41) is 34.3. The minimum atomic E-state index is -0.720. The Hall–Kier alpha value is -7.78. The van der Waals surface area contributed by atoms with Crippen molar-refractivity contribution >= 4 is 139 Å². The van der Waals surface area contributed by atoms with Crippen LogP contribution in [0.4, 0.5) is 0 Å². The van der Waals surface area contributed by atoms with E-state index in [4.69, 9.17) is 16.4 Å². The summed E-state index contributed by atoms with van der Waals surface area (Å²) in [6, 6.07) is 50.2. The van der Waals surface area contributed by atoms with Gasteiger partial charge in [-0.1, -0.05) is 164 Å². The van der Waals surface area contributed by atoms with E-state index in [1.165, 1.54) is 116 Å². The Kier molecular flexibility index (Phi) is 15.3. The Morgan fingerprint density at radius 3 is 1.51 bits per heavy atom. The van der Waals surface area contributed by atoms with Crippen LogP contribution in [0.5, 0.6) is 0 Å². The fraction of sp³-hybridized carbons (Fsp3) is 0.155. The first-order valence-corrected chi connectivity index (χ1v) is 32.6. The average Bonchev–Trinajstić information content (AvgIpc) is 1.62. The van der Waals surface area contributed by atoms with E-state index in [0.717, 1.165) is 32.0 Å². The number of thiophene rings is 5. The standard InChI is InChI=1S/C68H48N6S7.C2H6.CHN/c1-34-6-18-41(19-7-34)67(42-20-8-35(2)9-21-42)49-29-48-50(28-47(49)61-55(67)63-53(79-61)30-51(77-63)46-27-17-40(58(72)60(46)74-76)16-15-39(32-69)33-70)68(43-22-10-36(3)11-23-43,44-24-12-37(4)13-25-44)56-62(48)81-66-64-54(80-65(56)66)31-52(78-64)45-26-14-38(5)57(71)59(45)73-75;2*1-2/h6-15,17-31,58,71,75-76H,16,72H2,1-5H3;1-2H3;1H/b71-57?,73-59-,74-60-;;. The van der Waals surface area contributed by atoms with Crippen LogP contribution in [-0.2, 0) is 10.8 Å². The van der Waals surface area contributed by atoms with Crippen LogP contribution >= 0.6 is 82.3 Å². The minimum absolute atomic E-state index is 0.0518. The van der Waals surface area contributed by atoms with Crippen molar-refractivity contribution in [2.45, 2.75) is 71.8 Å². The van der Waals surface area contributed by atoms with Crippen molar-refractivity contribution in [3.63, 3.8) is 0 Å². The molecule has 4 aliphatic carbocycles. The van der Waals surface area contributed by atoms with Crippen LogP contribution in [0.2, 0.25) is 0 Å². The molecular formula is C71H55N7S7. The maximum atomic E-state index is 9.47. The number of nitrogens with two attached hydrogens (primary N) is 1. The van der Waals surface area contributed by atoms with Crippen LogP contribution in [0.3, 0.4) is 0 Å². The highest BCUT2D eigenvalue weighted by molar-refractivity contribution is 7.79. The molecule has 0 saturated carbocycles. The number of nitrogens with one attached hydrogen (secondary N) is 1. The molecule has 0 spiro atoms. The Balaban J connectivity index is 0.00000174. The van der Waals surface area contributed by atoms with Crippen LogP contribution in [-0.4, -0.2) is 23.2 Å². The summed E-state index contributed by atoms with van der Waals surface area (Å²) in [7, 11) is 0. The van der Waals surface area contributed by atoms with E-state index in [9.17, 15) is 10.5 Å². The van der Waals surface area contributed by atoms with Crippen LogP contribution in [0, 0.1) is 67.6 Å². The van der Waals surface area contributed by atoms with E-state index in [1.54, 1.807) is 28.7 Å². The quantitative estimate of drug-likeness (QED) is 0.0682. The molecule has 7 nitrogen and oxygen atoms in total. The highest BCUT2D eigenvalue weighted by atomic mass is 32.1. The van der Waals surface area contributed by atoms with Crippen molar-refractivity contribution in [1.29, 1.82) is 21.2 Å². The van der Waals surface area contributed by atoms with Gasteiger partial charge in [-0.3, -0.25) is 5.41 Å². The lowest BCUT2D eigenvalue weighted by Gasteiger charge is -2.35. The maximum absolute atomic E-state index is 9.47. The molecule has 10 aromatic rings. The van der Waals surface area contributed by atoms with Gasteiger partial charge in [-0.25, -0.2) is 14.1 Å². The molecule has 0 amide bonds. The normalized spacial score (nSPS) is 16.9. The van der Waals surface area contributed by atoms with Crippen molar-refractivity contribution < 1.29 is 0 Å². The van der Waals surface area contributed by atoms with E-state index in [0.29, 0.717) is 23.6 Å². The zero-order valence-corrected chi connectivity index (χ0v) is 53.4. The molecule has 5 aromatic heterocycles. The number of aryl methyl sites for hydroxylation is 4. The minimum Gasteiger partial charge on any atom is -0.319 e. The maximum Gasteiger partial charge on any atom is 0.126 e. The van der Waals surface area contributed by atoms with Gasteiger partial charge in [0.25, 0.3) is 0 Å². The number of fused-ring (bicyclic) bond motifs is 12. The lowest BCUT2D eigenvalue weighted by atomic mass is 9.65. The molecule has 1 atom stereocenters. The molecule has 3 N–H and O–H groups in total. The zero-order chi connectivity index (χ0) is 59.8. The fourth-order valence-electron chi connectivity index (χ4n) is 12.8. The monoisotopic (exact) mass is 1230 g/mol. The lowest BCUT2D eigenvalue weighted by Crippen LogP contribution is -2.34. The molecule has 5 heterocycles. The largest absolute Gasteiger partial charge is 0.319 e. The van der Waals surface area contributed by atoms with Gasteiger partial charge in [0, 0.05) is 57.8 Å². The molecule has 0 fully saturated rings. The molecule has 0 radical (unpaired) electrons. The van der Waals surface area contributed by atoms with Crippen LogP contribution < -0.4 is 5.73 Å². The summed E-state index contributed by atoms with van der Waals surface area (Å²) in [5.74, 6) is 0. The molecule has 14 rings (SSSR count). The van der Waals surface area contributed by atoms with Gasteiger partial charge in [-0.05, 0) is 147 Å². The second-order valence-corrected chi connectivity index (χ2v) is 27.1. The molecule has 85 heavy (non-hydrogen) atoms. The summed E-state index contributed by atoms with van der Waals surface area (Å²) in [5.41, 5.74) is 28.2. The van der Waals surface area contributed by atoms with Crippen LogP contribution in [0.15, 0.2) is 177 Å². The first-order chi connectivity index (χ1) is 41.3. The lowest BCUT2D eigenvalue weighted by molar-refractivity contribution is 0.766. The van der Waals surface area contributed by atoms with Crippen molar-refractivity contribution in [3.8, 4) is 39.6 Å². The number of hydrogen-bond donors (Lipinski definition) is 4. The van der Waals surface area contributed by atoms with Crippen LogP contribution in [0.1, 0.15) is 104 Å². The summed E-state index contributed by atoms with van der Waals surface area (Å²) in [6.07, 6.45) is 10.2. The van der Waals surface area contributed by atoms with Crippen LogP contribution in [0.25, 0.3) is 60.2 Å². The van der Waals surface area contributed by atoms with Gasteiger partial charge in [0.15, 0.2) is 0 Å². The first-order valence-electron chi connectivity index (χ1n) is 27.7. The number of rotatable bonds is 8. The molecule has 4 aliphatic rings. The Bertz CT molecular complexity index is 4660. The molecular weight excluding hydrogens is 1180 g/mol. The molecule has 0 aliphatic heterocycles. The number of thiol groups is 2. The molecule has 1 unspecified atom stereocenters. The summed E-state index contributed by atoms with van der Waals surface area (Å²) < 4.78 is 16.4. The van der Waals surface area contributed by atoms with Gasteiger partial charge < -0.3 is 5.73 Å². The highest BCUT2D eigenvalue weighted by Crippen LogP contribution is 2.69. The predicted octanol–water partition coefficient (Wildman–Crippen LogP) is 19.5. The van der Waals surface area contributed by atoms with E-state index in [2.05, 4.69) is 202 Å². The van der Waals surface area contributed by atoms with Crippen molar-refractivity contribution in [2.75, 3.05) is 0 Å². The number of nitriles is 3. The fourth-order valence-corrected chi connectivity index (χ4v) is 20.5. The van der Waals surface area contributed by atoms with Gasteiger partial charge in [-0.15, -0.1) is 56.7 Å². The first kappa shape index (κ1) is 57.6. The Morgan fingerprint density at radius 2 is 1.02 bits per heavy atom. The van der Waals surface area contributed by atoms with E-state index >= 15 is 0 Å². The van der Waals surface area contributed by atoms with Gasteiger partial charge in [0.05, 0.1) is 47.1 Å². The number of benzene rings is 5. The molecule has 416 valence electrons. The van der Waals surface area contributed by atoms with Gasteiger partial charge in [-0.2, -0.15) is 10.5 Å². The SMILES string of the molecule is C#N.CC.CC1=CC=C(c2cc3sc4c5c(sc4c3s2)-c2cc3c(cc2C5(c2ccc(C)cc2)c2ccc(C)cc2)-c2sc4cc(C5=CC=C(CC=C(C#N)C#N)C(N)/C5=N\S)sc4c2C3(c2ccc(C)cc2)c2ccc(C)cc2)/C(=N/S)C1=N. The summed E-state index contributed by atoms with van der Waals surface area (Å²) in [6.45, 7) is 18.1. The zero-order valence-electron chi connectivity index (χ0n) is 47.5. The Labute approximate surface area is 526 Å². The summed E-state index contributed by atoms with van der Waals surface area (Å²) in [4.78, 5) is 4.69. The van der Waals surface area contributed by atoms with E-state index in [1.807, 2.05) is 79.1 Å². The van der Waals surface area contributed by atoms with E-state index in [-0.39, 0.29) is 5.57 Å². The van der Waals surface area contributed by atoms with Crippen molar-refractivity contribution in [2.24, 2.45) is 14.5 Å². The third kappa shape index (κ3) is 8.74. The summed E-state index contributed by atoms with van der Waals surface area (Å²) >= 11 is 18.1. The van der Waals surface area contributed by atoms with Crippen molar-refractivity contribution in [3.05, 3.63) is 245 Å². The Morgan fingerprint density at radius 1 is 0.576 bits per heavy atom. The highest BCUT2D eigenvalue weighted by Gasteiger charge is 2.54. The number of hydrogen-bond acceptors (Lipinski definition) is 14. The molecule has 5 aromatic carbocycles. The second kappa shape index (κ2) is 22.6. The van der Waals surface area contributed by atoms with Crippen molar-refractivity contribution in [1.82, 2.24) is 0 Å². The third-order valence-electron chi connectivity index (χ3n) is 16.8. The number of nitrogens with zero attached hydrogens (tertiary/aromatic N) is 5. The molecule has 0 saturated heterocycles. The average molecular weight is 1230 g/mol. The third-order valence-corrected chi connectivity index (χ3v) is 23.7. The predicted molar refractivity (Wildman–Crippen MR) is 370 cm³/mol. The topological polar surface area (TPSA) is 146 Å². The van der Waals surface area contributed by atoms with Gasteiger partial charge in [0.2, 0.25) is 0 Å². The smallest absolute Gasteiger partial charge is 0.126 e.